The lowest BCUT2D eigenvalue weighted by Gasteiger charge is -2.24. The van der Waals surface area contributed by atoms with Crippen LogP contribution in [0.25, 0.3) is 21.5 Å². The Hall–Kier alpha value is -4.10. The number of nitrogens with one attached hydrogen (secondary N) is 1. The summed E-state index contributed by atoms with van der Waals surface area (Å²) in [5, 5.41) is 21.2. The molecule has 0 spiro atoms. The highest BCUT2D eigenvalue weighted by atomic mass is 19.1. The molecule has 0 aliphatic heterocycles. The van der Waals surface area contributed by atoms with Crippen molar-refractivity contribution >= 4 is 39.7 Å². The highest BCUT2D eigenvalue weighted by Crippen LogP contribution is 2.19. The molecule has 7 heteroatoms. The molecule has 0 bridgehead atoms. The van der Waals surface area contributed by atoms with E-state index >= 15 is 0 Å². The number of esters is 2. The normalized spacial score (nSPS) is 13.7. The van der Waals surface area contributed by atoms with Gasteiger partial charge in [0.25, 0.3) is 0 Å². The van der Waals surface area contributed by atoms with Gasteiger partial charge in [0.1, 0.15) is 12.7 Å². The molecule has 0 amide bonds. The van der Waals surface area contributed by atoms with Gasteiger partial charge in [0, 0.05) is 6.21 Å². The van der Waals surface area contributed by atoms with Gasteiger partial charge in [-0.2, -0.15) is 0 Å². The molecule has 0 saturated carbocycles. The molecule has 0 unspecified atom stereocenters. The molecule has 0 aliphatic carbocycles. The van der Waals surface area contributed by atoms with Crippen LogP contribution in [0.3, 0.4) is 0 Å². The number of ether oxygens (including phenoxy) is 2. The topological polar surface area (TPSA) is 96.7 Å². The summed E-state index contributed by atoms with van der Waals surface area (Å²) in [6.45, 7) is -0.615. The molecule has 0 heterocycles. The zero-order valence-electron chi connectivity index (χ0n) is 18.1. The maximum atomic E-state index is 14.4. The number of aliphatic hydroxyl groups is 1. The molecule has 0 saturated heterocycles. The van der Waals surface area contributed by atoms with Crippen LogP contribution in [0.2, 0.25) is 0 Å². The van der Waals surface area contributed by atoms with E-state index in [-0.39, 0.29) is 11.1 Å². The first-order valence-corrected chi connectivity index (χ1v) is 10.6. The van der Waals surface area contributed by atoms with E-state index in [0.29, 0.717) is 6.21 Å². The fourth-order valence-electron chi connectivity index (χ4n) is 3.61. The number of carbonyl (C=O) groups is 2. The van der Waals surface area contributed by atoms with Crippen molar-refractivity contribution < 1.29 is 28.6 Å². The lowest BCUT2D eigenvalue weighted by atomic mass is 10.1. The second kappa shape index (κ2) is 10.2. The smallest absolute Gasteiger partial charge is 0.338 e. The van der Waals surface area contributed by atoms with Crippen LogP contribution in [-0.2, 0) is 9.47 Å². The summed E-state index contributed by atoms with van der Waals surface area (Å²) in [5.74, 6) is -1.57. The molecular weight excluding hydrogens is 437 g/mol. The Balaban J connectivity index is 1.44. The monoisotopic (exact) mass is 459 g/mol. The zero-order valence-corrected chi connectivity index (χ0v) is 18.1. The maximum Gasteiger partial charge on any atom is 0.338 e. The third-order valence-electron chi connectivity index (χ3n) is 5.45. The Bertz CT molecular complexity index is 1360. The highest BCUT2D eigenvalue weighted by Gasteiger charge is 2.32. The molecule has 0 fully saturated rings. The first-order chi connectivity index (χ1) is 16.5. The highest BCUT2D eigenvalue weighted by molar-refractivity contribution is 5.96. The van der Waals surface area contributed by atoms with Gasteiger partial charge in [0.05, 0.1) is 11.1 Å². The van der Waals surface area contributed by atoms with E-state index in [9.17, 15) is 19.1 Å². The van der Waals surface area contributed by atoms with Crippen molar-refractivity contribution in [2.45, 2.75) is 18.4 Å². The van der Waals surface area contributed by atoms with Gasteiger partial charge < -0.3 is 20.0 Å². The van der Waals surface area contributed by atoms with Crippen molar-refractivity contribution in [2.24, 2.45) is 0 Å². The summed E-state index contributed by atoms with van der Waals surface area (Å²) in [5.41, 5.74) is 0.431. The third kappa shape index (κ3) is 5.10. The number of hydrogen-bond donors (Lipinski definition) is 2. The van der Waals surface area contributed by atoms with Gasteiger partial charge in [-0.3, -0.25) is 0 Å². The molecule has 4 aromatic rings. The molecule has 4 aromatic carbocycles. The maximum absolute atomic E-state index is 14.4. The Morgan fingerprint density at radius 3 is 1.85 bits per heavy atom. The second-order valence-electron chi connectivity index (χ2n) is 7.77. The van der Waals surface area contributed by atoms with Gasteiger partial charge >= 0.3 is 11.9 Å². The second-order valence-corrected chi connectivity index (χ2v) is 7.77. The summed E-state index contributed by atoms with van der Waals surface area (Å²) < 4.78 is 24.7. The molecule has 3 atom stereocenters. The number of benzene rings is 4. The summed E-state index contributed by atoms with van der Waals surface area (Å²) in [7, 11) is 0. The summed E-state index contributed by atoms with van der Waals surface area (Å²) in [6, 6.07) is 24.7. The molecular formula is C27H22FNO5. The van der Waals surface area contributed by atoms with Crippen molar-refractivity contribution in [3.63, 3.8) is 0 Å². The van der Waals surface area contributed by atoms with Crippen molar-refractivity contribution in [1.82, 2.24) is 0 Å². The largest absolute Gasteiger partial charge is 0.459 e. The van der Waals surface area contributed by atoms with Gasteiger partial charge in [0.15, 0.2) is 12.3 Å². The number of aliphatic hydroxyl groups excluding tert-OH is 1. The van der Waals surface area contributed by atoms with Crippen molar-refractivity contribution in [3.05, 3.63) is 96.1 Å². The van der Waals surface area contributed by atoms with E-state index in [2.05, 4.69) is 0 Å². The van der Waals surface area contributed by atoms with Gasteiger partial charge in [-0.05, 0) is 45.8 Å². The SMILES string of the molecule is N=C[C@@H](F)[C@H](OC(=O)c1ccc2ccccc2c1)[C@H](O)COC(=O)c1ccc2ccccc2c1. The Morgan fingerprint density at radius 2 is 1.32 bits per heavy atom. The number of rotatable bonds is 8. The van der Waals surface area contributed by atoms with Crippen LogP contribution in [0.15, 0.2) is 84.9 Å². The van der Waals surface area contributed by atoms with Gasteiger partial charge in [0.2, 0.25) is 0 Å². The predicted octanol–water partition coefficient (Wildman–Crippen LogP) is 4.72. The van der Waals surface area contributed by atoms with Crippen LogP contribution in [0, 0.1) is 5.41 Å². The van der Waals surface area contributed by atoms with Gasteiger partial charge in [-0.15, -0.1) is 0 Å². The molecule has 6 nitrogen and oxygen atoms in total. The van der Waals surface area contributed by atoms with E-state index in [4.69, 9.17) is 14.9 Å². The van der Waals surface area contributed by atoms with E-state index in [1.165, 1.54) is 6.07 Å². The Kier molecular flexibility index (Phi) is 6.94. The van der Waals surface area contributed by atoms with Crippen LogP contribution >= 0.6 is 0 Å². The first-order valence-electron chi connectivity index (χ1n) is 10.6. The van der Waals surface area contributed by atoms with Crippen molar-refractivity contribution in [2.75, 3.05) is 6.61 Å². The minimum atomic E-state index is -2.08. The molecule has 0 aliphatic rings. The van der Waals surface area contributed by atoms with Crippen LogP contribution in [-0.4, -0.2) is 48.2 Å². The molecule has 34 heavy (non-hydrogen) atoms. The number of fused-ring (bicyclic) bond motifs is 2. The molecule has 0 radical (unpaired) electrons. The van der Waals surface area contributed by atoms with Crippen LogP contribution in [0.5, 0.6) is 0 Å². The third-order valence-corrected chi connectivity index (χ3v) is 5.45. The summed E-state index contributed by atoms with van der Waals surface area (Å²) in [6.07, 6.45) is -5.06. The van der Waals surface area contributed by atoms with Crippen LogP contribution in [0.4, 0.5) is 4.39 Å². The Morgan fingerprint density at radius 1 is 0.824 bits per heavy atom. The zero-order chi connectivity index (χ0) is 24.1. The lowest BCUT2D eigenvalue weighted by molar-refractivity contribution is -0.0591. The summed E-state index contributed by atoms with van der Waals surface area (Å²) >= 11 is 0. The molecule has 172 valence electrons. The van der Waals surface area contributed by atoms with Crippen LogP contribution < -0.4 is 0 Å². The number of alkyl halides is 1. The summed E-state index contributed by atoms with van der Waals surface area (Å²) in [4.78, 5) is 25.1. The van der Waals surface area contributed by atoms with Crippen LogP contribution in [0.1, 0.15) is 20.7 Å². The fourth-order valence-corrected chi connectivity index (χ4v) is 3.61. The predicted molar refractivity (Wildman–Crippen MR) is 127 cm³/mol. The number of carbonyl (C=O) groups excluding carboxylic acids is 2. The Labute approximate surface area is 195 Å². The average Bonchev–Trinajstić information content (AvgIpc) is 2.88. The standard InChI is InChI=1S/C27H22FNO5/c28-23(15-29)25(34-27(32)22-12-10-18-6-2-4-8-20(18)14-22)24(30)16-33-26(31)21-11-9-17-5-1-3-7-19(17)13-21/h1-15,23-25,29-30H,16H2/t23-,24-,25+/m1/s1. The average molecular weight is 459 g/mol. The van der Waals surface area contributed by atoms with Gasteiger partial charge in [-0.1, -0.05) is 60.7 Å². The van der Waals surface area contributed by atoms with E-state index in [1.807, 2.05) is 48.5 Å². The molecule has 2 N–H and O–H groups in total. The number of halogens is 1. The van der Waals surface area contributed by atoms with Gasteiger partial charge in [-0.25, -0.2) is 14.0 Å². The molecule has 0 aromatic heterocycles. The quantitative estimate of drug-likeness (QED) is 0.294. The fraction of sp³-hybridized carbons (Fsp3) is 0.148. The van der Waals surface area contributed by atoms with E-state index in [0.717, 1.165) is 21.5 Å². The minimum Gasteiger partial charge on any atom is -0.459 e. The van der Waals surface area contributed by atoms with Crippen molar-refractivity contribution in [3.8, 4) is 0 Å². The lowest BCUT2D eigenvalue weighted by Crippen LogP contribution is -2.42. The molecule has 4 rings (SSSR count). The van der Waals surface area contributed by atoms with E-state index in [1.54, 1.807) is 30.3 Å². The first kappa shape index (κ1) is 23.1. The number of hydrogen-bond acceptors (Lipinski definition) is 6. The van der Waals surface area contributed by atoms with Crippen molar-refractivity contribution in [1.29, 1.82) is 5.41 Å². The van der Waals surface area contributed by atoms with E-state index < -0.39 is 36.9 Å². The minimum absolute atomic E-state index is 0.168.